The van der Waals surface area contributed by atoms with Crippen molar-refractivity contribution in [3.63, 3.8) is 0 Å². The van der Waals surface area contributed by atoms with Gasteiger partial charge in [-0.05, 0) is 43.7 Å². The van der Waals surface area contributed by atoms with Crippen LogP contribution >= 0.6 is 0 Å². The van der Waals surface area contributed by atoms with E-state index in [1.807, 2.05) is 32.0 Å². The first-order chi connectivity index (χ1) is 12.1. The lowest BCUT2D eigenvalue weighted by Gasteiger charge is -2.25. The minimum Gasteiger partial charge on any atom is -0.376 e. The van der Waals surface area contributed by atoms with Crippen molar-refractivity contribution in [1.82, 2.24) is 15.5 Å². The molecule has 1 saturated heterocycles. The number of rotatable bonds is 6. The molecule has 1 fully saturated rings. The van der Waals surface area contributed by atoms with Crippen molar-refractivity contribution in [2.24, 2.45) is 0 Å². The Morgan fingerprint density at radius 3 is 2.72 bits per heavy atom. The number of hydrogen-bond donors (Lipinski definition) is 2. The Morgan fingerprint density at radius 2 is 2.12 bits per heavy atom. The van der Waals surface area contributed by atoms with Crippen LogP contribution in [-0.2, 0) is 9.53 Å². The molecule has 1 aliphatic heterocycles. The highest BCUT2D eigenvalue weighted by molar-refractivity contribution is 5.77. The monoisotopic (exact) mass is 341 g/mol. The van der Waals surface area contributed by atoms with Crippen molar-refractivity contribution in [1.29, 1.82) is 0 Å². The van der Waals surface area contributed by atoms with E-state index < -0.39 is 0 Å². The first kappa shape index (κ1) is 17.7. The van der Waals surface area contributed by atoms with Crippen LogP contribution in [0.5, 0.6) is 0 Å². The molecule has 3 rings (SSSR count). The Hall–Kier alpha value is -2.14. The predicted molar refractivity (Wildman–Crippen MR) is 97.4 cm³/mol. The third-order valence-electron chi connectivity index (χ3n) is 4.98. The van der Waals surface area contributed by atoms with Gasteiger partial charge in [0, 0.05) is 18.7 Å². The Kier molecular flexibility index (Phi) is 5.53. The summed E-state index contributed by atoms with van der Waals surface area (Å²) in [7, 11) is 0. The maximum absolute atomic E-state index is 12.7. The van der Waals surface area contributed by atoms with Gasteiger partial charge in [0.05, 0.1) is 17.8 Å². The molecular weight excluding hydrogens is 314 g/mol. The molecule has 0 bridgehead atoms. The molecule has 0 radical (unpaired) electrons. The van der Waals surface area contributed by atoms with Gasteiger partial charge in [0.15, 0.2) is 0 Å². The van der Waals surface area contributed by atoms with Crippen LogP contribution in [0.25, 0.3) is 0 Å². The van der Waals surface area contributed by atoms with Gasteiger partial charge in [-0.3, -0.25) is 9.89 Å². The van der Waals surface area contributed by atoms with Crippen molar-refractivity contribution in [2.45, 2.75) is 58.1 Å². The third-order valence-corrected chi connectivity index (χ3v) is 4.98. The van der Waals surface area contributed by atoms with Gasteiger partial charge in [0.2, 0.25) is 5.91 Å². The SMILES string of the molecule is Cc1n[nH]c(C)c1[C@H](C)CC(=O)N[C@H](c1ccccc1)[C@@H]1CCCO1. The van der Waals surface area contributed by atoms with Gasteiger partial charge >= 0.3 is 0 Å². The van der Waals surface area contributed by atoms with Gasteiger partial charge in [0.1, 0.15) is 0 Å². The number of aromatic nitrogens is 2. The molecular formula is C20H27N3O2. The summed E-state index contributed by atoms with van der Waals surface area (Å²) >= 11 is 0. The molecule has 0 unspecified atom stereocenters. The summed E-state index contributed by atoms with van der Waals surface area (Å²) in [4.78, 5) is 12.7. The van der Waals surface area contributed by atoms with Gasteiger partial charge in [-0.25, -0.2) is 0 Å². The van der Waals surface area contributed by atoms with Crippen LogP contribution in [0.1, 0.15) is 60.7 Å². The highest BCUT2D eigenvalue weighted by Crippen LogP contribution is 2.28. The topological polar surface area (TPSA) is 67.0 Å². The van der Waals surface area contributed by atoms with Gasteiger partial charge < -0.3 is 10.1 Å². The zero-order chi connectivity index (χ0) is 17.8. The minimum atomic E-state index is -0.0880. The van der Waals surface area contributed by atoms with Crippen LogP contribution in [-0.4, -0.2) is 28.8 Å². The Labute approximate surface area is 149 Å². The molecule has 3 atom stereocenters. The van der Waals surface area contributed by atoms with Crippen LogP contribution in [0.15, 0.2) is 30.3 Å². The van der Waals surface area contributed by atoms with Crippen molar-refractivity contribution in [2.75, 3.05) is 6.61 Å². The second-order valence-corrected chi connectivity index (χ2v) is 6.96. The number of amides is 1. The van der Waals surface area contributed by atoms with E-state index in [-0.39, 0.29) is 24.0 Å². The number of nitrogens with zero attached hydrogens (tertiary/aromatic N) is 1. The molecule has 2 aromatic rings. The lowest BCUT2D eigenvalue weighted by molar-refractivity contribution is -0.123. The normalized spacial score (nSPS) is 19.6. The van der Waals surface area contributed by atoms with Gasteiger partial charge in [0.25, 0.3) is 0 Å². The summed E-state index contributed by atoms with van der Waals surface area (Å²) in [5, 5.41) is 10.5. The molecule has 0 spiro atoms. The van der Waals surface area contributed by atoms with Crippen molar-refractivity contribution >= 4 is 5.91 Å². The van der Waals surface area contributed by atoms with Gasteiger partial charge in [-0.1, -0.05) is 37.3 Å². The largest absolute Gasteiger partial charge is 0.376 e. The summed E-state index contributed by atoms with van der Waals surface area (Å²) < 4.78 is 5.86. The van der Waals surface area contributed by atoms with Crippen LogP contribution in [0, 0.1) is 13.8 Å². The average molecular weight is 341 g/mol. The van der Waals surface area contributed by atoms with E-state index in [2.05, 4.69) is 34.6 Å². The second-order valence-electron chi connectivity index (χ2n) is 6.96. The van der Waals surface area contributed by atoms with Crippen LogP contribution < -0.4 is 5.32 Å². The number of aromatic amines is 1. The fourth-order valence-corrected chi connectivity index (χ4v) is 3.81. The summed E-state index contributed by atoms with van der Waals surface area (Å²) in [6, 6.07) is 10.0. The summed E-state index contributed by atoms with van der Waals surface area (Å²) in [5.74, 6) is 0.177. The summed E-state index contributed by atoms with van der Waals surface area (Å²) in [6.07, 6.45) is 2.53. The van der Waals surface area contributed by atoms with Crippen molar-refractivity contribution < 1.29 is 9.53 Å². The maximum Gasteiger partial charge on any atom is 0.221 e. The molecule has 2 N–H and O–H groups in total. The molecule has 5 nitrogen and oxygen atoms in total. The number of carbonyl (C=O) groups is 1. The quantitative estimate of drug-likeness (QED) is 0.844. The summed E-state index contributed by atoms with van der Waals surface area (Å²) in [6.45, 7) is 6.83. The molecule has 1 amide bonds. The molecule has 5 heteroatoms. The fraction of sp³-hybridized carbons (Fsp3) is 0.500. The molecule has 1 aliphatic rings. The number of benzene rings is 1. The highest BCUT2D eigenvalue weighted by Gasteiger charge is 2.29. The number of ether oxygens (including phenoxy) is 1. The highest BCUT2D eigenvalue weighted by atomic mass is 16.5. The first-order valence-electron chi connectivity index (χ1n) is 9.03. The minimum absolute atomic E-state index is 0.0526. The Morgan fingerprint density at radius 1 is 1.36 bits per heavy atom. The lowest BCUT2D eigenvalue weighted by Crippen LogP contribution is -2.36. The fourth-order valence-electron chi connectivity index (χ4n) is 3.81. The van der Waals surface area contributed by atoms with E-state index in [1.165, 1.54) is 0 Å². The Bertz CT molecular complexity index is 685. The van der Waals surface area contributed by atoms with E-state index in [9.17, 15) is 4.79 Å². The smallest absolute Gasteiger partial charge is 0.221 e. The number of H-pyrrole nitrogens is 1. The predicted octanol–water partition coefficient (Wildman–Crippen LogP) is 3.56. The number of hydrogen-bond acceptors (Lipinski definition) is 3. The molecule has 1 aromatic carbocycles. The van der Waals surface area contributed by atoms with Crippen LogP contribution in [0.2, 0.25) is 0 Å². The number of aryl methyl sites for hydroxylation is 2. The van der Waals surface area contributed by atoms with E-state index in [1.54, 1.807) is 0 Å². The van der Waals surface area contributed by atoms with E-state index in [4.69, 9.17) is 4.74 Å². The third kappa shape index (κ3) is 4.10. The van der Waals surface area contributed by atoms with Crippen LogP contribution in [0.4, 0.5) is 0 Å². The number of carbonyl (C=O) groups excluding carboxylic acids is 1. The van der Waals surface area contributed by atoms with E-state index >= 15 is 0 Å². The second kappa shape index (κ2) is 7.83. The first-order valence-corrected chi connectivity index (χ1v) is 9.03. The van der Waals surface area contributed by atoms with Crippen molar-refractivity contribution in [3.05, 3.63) is 52.8 Å². The average Bonchev–Trinajstić information content (AvgIpc) is 3.23. The molecule has 2 heterocycles. The van der Waals surface area contributed by atoms with E-state index in [0.29, 0.717) is 6.42 Å². The Balaban J connectivity index is 1.70. The summed E-state index contributed by atoms with van der Waals surface area (Å²) in [5.41, 5.74) is 4.25. The van der Waals surface area contributed by atoms with Gasteiger partial charge in [-0.2, -0.15) is 5.10 Å². The molecule has 1 aromatic heterocycles. The van der Waals surface area contributed by atoms with Crippen LogP contribution in [0.3, 0.4) is 0 Å². The van der Waals surface area contributed by atoms with E-state index in [0.717, 1.165) is 42.0 Å². The standard InChI is InChI=1S/C20H27N3O2/c1-13(19-14(2)22-23-15(19)3)12-18(24)21-20(17-10-7-11-25-17)16-8-5-4-6-9-16/h4-6,8-9,13,17,20H,7,10-12H2,1-3H3,(H,21,24)(H,22,23)/t13-,17+,20-/m1/s1. The number of nitrogens with one attached hydrogen (secondary N) is 2. The molecule has 0 aliphatic carbocycles. The molecule has 0 saturated carbocycles. The zero-order valence-corrected chi connectivity index (χ0v) is 15.2. The lowest BCUT2D eigenvalue weighted by atomic mass is 9.94. The maximum atomic E-state index is 12.7. The van der Waals surface area contributed by atoms with Crippen molar-refractivity contribution in [3.8, 4) is 0 Å². The zero-order valence-electron chi connectivity index (χ0n) is 15.2. The molecule has 134 valence electrons. The van der Waals surface area contributed by atoms with Gasteiger partial charge in [-0.15, -0.1) is 0 Å². The molecule has 25 heavy (non-hydrogen) atoms.